The standard InChI is InChI=1S/C8H9N2O2S.Y/c11-13(12)10-6-2-3-7-8(10)4-1-5-9-7;/h4-5H,2-3,6H2,(H,11,12);/q-1;/p-1. The minimum absolute atomic E-state index is 0. The number of pyridine rings is 1. The van der Waals surface area contributed by atoms with E-state index in [1.807, 2.05) is 0 Å². The smallest absolute Gasteiger partial charge is 0.0306 e. The molecule has 73 valence electrons. The first-order valence-electron chi connectivity index (χ1n) is 4.01. The van der Waals surface area contributed by atoms with Crippen LogP contribution in [-0.4, -0.2) is 20.3 Å². The Hall–Kier alpha value is 0.164. The van der Waals surface area contributed by atoms with Crippen LogP contribution in [0.1, 0.15) is 12.1 Å². The van der Waals surface area contributed by atoms with Gasteiger partial charge >= 0.3 is 0 Å². The number of fused-ring (bicyclic) bond motifs is 1. The summed E-state index contributed by atoms with van der Waals surface area (Å²) in [5.41, 5.74) is 1.51. The molecule has 1 radical (unpaired) electrons. The zero-order valence-corrected chi connectivity index (χ0v) is 11.1. The fourth-order valence-corrected chi connectivity index (χ4v) is 2.05. The van der Waals surface area contributed by atoms with Crippen LogP contribution in [0.4, 0.5) is 5.69 Å². The number of aryl methyl sites for hydroxylation is 1. The van der Waals surface area contributed by atoms with Crippen LogP contribution in [0.25, 0.3) is 0 Å². The van der Waals surface area contributed by atoms with E-state index in [0.717, 1.165) is 18.5 Å². The third-order valence-electron chi connectivity index (χ3n) is 2.03. The van der Waals surface area contributed by atoms with Gasteiger partial charge in [-0.1, -0.05) is 11.9 Å². The third kappa shape index (κ3) is 2.39. The van der Waals surface area contributed by atoms with Crippen molar-refractivity contribution in [1.29, 1.82) is 0 Å². The second-order valence-electron chi connectivity index (χ2n) is 2.82. The first kappa shape index (κ1) is 12.2. The van der Waals surface area contributed by atoms with Crippen molar-refractivity contribution in [3.63, 3.8) is 0 Å². The van der Waals surface area contributed by atoms with Gasteiger partial charge < -0.3 is 8.86 Å². The summed E-state index contributed by atoms with van der Waals surface area (Å²) in [7, 11) is 0. The second kappa shape index (κ2) is 5.30. The van der Waals surface area contributed by atoms with Crippen molar-refractivity contribution in [2.75, 3.05) is 10.8 Å². The first-order chi connectivity index (χ1) is 6.29. The van der Waals surface area contributed by atoms with Gasteiger partial charge in [-0.25, -0.2) is 12.1 Å². The Morgan fingerprint density at radius 3 is 3.14 bits per heavy atom. The Labute approximate surface area is 110 Å². The number of aromatic nitrogens is 1. The molecule has 4 nitrogen and oxygen atoms in total. The van der Waals surface area contributed by atoms with Gasteiger partial charge in [0.15, 0.2) is 0 Å². The molecule has 14 heavy (non-hydrogen) atoms. The molecular weight excluding hydrogens is 277 g/mol. The molecule has 0 aromatic carbocycles. The quantitative estimate of drug-likeness (QED) is 0.555. The SMILES string of the molecule is O=S([O-])N1CCCc2nc[c-]cc21.[Y]. The average Bonchev–Trinajstić information content (AvgIpc) is 2.17. The molecule has 2 heterocycles. The van der Waals surface area contributed by atoms with Gasteiger partial charge in [-0.05, 0) is 18.5 Å². The van der Waals surface area contributed by atoms with E-state index in [9.17, 15) is 8.76 Å². The molecule has 0 saturated carbocycles. The van der Waals surface area contributed by atoms with Gasteiger partial charge in [-0.3, -0.25) is 9.19 Å². The van der Waals surface area contributed by atoms with E-state index in [0.29, 0.717) is 12.2 Å². The van der Waals surface area contributed by atoms with Gasteiger partial charge in [0.1, 0.15) is 0 Å². The van der Waals surface area contributed by atoms with Gasteiger partial charge in [0.25, 0.3) is 0 Å². The summed E-state index contributed by atoms with van der Waals surface area (Å²) in [6.45, 7) is 0.544. The predicted octanol–water partition coefficient (Wildman–Crippen LogP) is 0.426. The van der Waals surface area contributed by atoms with Gasteiger partial charge in [-0.2, -0.15) is 0 Å². The van der Waals surface area contributed by atoms with E-state index in [1.165, 1.54) is 4.31 Å². The minimum atomic E-state index is -2.19. The summed E-state index contributed by atoms with van der Waals surface area (Å²) in [6.07, 6.45) is 3.24. The van der Waals surface area contributed by atoms with Crippen molar-refractivity contribution in [2.45, 2.75) is 12.8 Å². The Balaban J connectivity index is 0.000000980. The number of rotatable bonds is 1. The summed E-state index contributed by atoms with van der Waals surface area (Å²) >= 11 is -2.19. The molecule has 0 spiro atoms. The van der Waals surface area contributed by atoms with Gasteiger partial charge in [0, 0.05) is 50.5 Å². The Bertz CT molecular complexity index is 348. The van der Waals surface area contributed by atoms with Crippen molar-refractivity contribution in [3.8, 4) is 0 Å². The molecule has 0 N–H and O–H groups in total. The summed E-state index contributed by atoms with van der Waals surface area (Å²) in [6, 6.07) is 4.44. The van der Waals surface area contributed by atoms with Crippen molar-refractivity contribution >= 4 is 17.0 Å². The van der Waals surface area contributed by atoms with Gasteiger partial charge in [0.2, 0.25) is 0 Å². The zero-order valence-electron chi connectivity index (χ0n) is 7.47. The van der Waals surface area contributed by atoms with Crippen molar-refractivity contribution in [3.05, 3.63) is 24.0 Å². The van der Waals surface area contributed by atoms with Crippen LogP contribution in [-0.2, 0) is 50.4 Å². The molecule has 6 heteroatoms. The summed E-state index contributed by atoms with van der Waals surface area (Å²) < 4.78 is 22.9. The molecule has 1 atom stereocenters. The monoisotopic (exact) mass is 285 g/mol. The third-order valence-corrected chi connectivity index (χ3v) is 2.77. The van der Waals surface area contributed by atoms with Crippen molar-refractivity contribution < 1.29 is 41.5 Å². The van der Waals surface area contributed by atoms with Crippen molar-refractivity contribution in [1.82, 2.24) is 4.98 Å². The largest absolute Gasteiger partial charge is 0.756 e. The summed E-state index contributed by atoms with van der Waals surface area (Å²) in [5, 5.41) is 0. The summed E-state index contributed by atoms with van der Waals surface area (Å²) in [5.74, 6) is 0. The van der Waals surface area contributed by atoms with Gasteiger partial charge in [0.05, 0.1) is 0 Å². The molecular formula is C8H8N2O2SY-2. The van der Waals surface area contributed by atoms with E-state index in [4.69, 9.17) is 0 Å². The van der Waals surface area contributed by atoms with Gasteiger partial charge in [-0.15, -0.1) is 0 Å². The second-order valence-corrected chi connectivity index (χ2v) is 3.70. The van der Waals surface area contributed by atoms with E-state index in [-0.39, 0.29) is 32.7 Å². The molecule has 0 amide bonds. The molecule has 0 aliphatic carbocycles. The molecule has 0 bridgehead atoms. The summed E-state index contributed by atoms with van der Waals surface area (Å²) in [4.78, 5) is 4.08. The van der Waals surface area contributed by atoms with E-state index >= 15 is 0 Å². The van der Waals surface area contributed by atoms with Crippen LogP contribution < -0.4 is 4.31 Å². The number of hydrogen-bond acceptors (Lipinski definition) is 3. The fourth-order valence-electron chi connectivity index (χ4n) is 1.45. The van der Waals surface area contributed by atoms with Crippen molar-refractivity contribution in [2.24, 2.45) is 0 Å². The Kier molecular flexibility index (Phi) is 4.63. The van der Waals surface area contributed by atoms with Crippen LogP contribution in [0, 0.1) is 6.07 Å². The molecule has 1 aromatic heterocycles. The van der Waals surface area contributed by atoms with Crippen LogP contribution in [0.2, 0.25) is 0 Å². The normalized spacial score (nSPS) is 16.8. The number of hydrogen-bond donors (Lipinski definition) is 0. The van der Waals surface area contributed by atoms with E-state index in [1.54, 1.807) is 12.3 Å². The maximum Gasteiger partial charge on any atom is 0.0306 e. The van der Waals surface area contributed by atoms with E-state index in [2.05, 4.69) is 11.1 Å². The maximum absolute atomic E-state index is 10.8. The Morgan fingerprint density at radius 1 is 1.64 bits per heavy atom. The number of anilines is 1. The number of nitrogens with zero attached hydrogens (tertiary/aromatic N) is 2. The molecule has 1 aromatic rings. The Morgan fingerprint density at radius 2 is 2.43 bits per heavy atom. The topological polar surface area (TPSA) is 56.3 Å². The maximum atomic E-state index is 10.8. The molecule has 1 unspecified atom stereocenters. The van der Waals surface area contributed by atoms with Crippen LogP contribution in [0.3, 0.4) is 0 Å². The molecule has 0 saturated heterocycles. The van der Waals surface area contributed by atoms with Crippen LogP contribution in [0.5, 0.6) is 0 Å². The van der Waals surface area contributed by atoms with E-state index < -0.39 is 11.3 Å². The molecule has 0 fully saturated rings. The predicted molar refractivity (Wildman–Crippen MR) is 47.7 cm³/mol. The average molecular weight is 285 g/mol. The minimum Gasteiger partial charge on any atom is -0.756 e. The van der Waals surface area contributed by atoms with Crippen LogP contribution >= 0.6 is 0 Å². The molecule has 2 rings (SSSR count). The molecule has 1 aliphatic rings. The van der Waals surface area contributed by atoms with Crippen LogP contribution in [0.15, 0.2) is 12.3 Å². The molecule has 1 aliphatic heterocycles. The first-order valence-corrected chi connectivity index (χ1v) is 5.04. The zero-order chi connectivity index (χ0) is 9.26. The fraction of sp³-hybridized carbons (Fsp3) is 0.375.